The molecule has 0 saturated carbocycles. The average Bonchev–Trinajstić information content (AvgIpc) is 3.62. The molecule has 194 valence electrons. The zero-order valence-corrected chi connectivity index (χ0v) is 21.5. The molecule has 0 saturated heterocycles. The Bertz CT molecular complexity index is 1710. The van der Waals surface area contributed by atoms with E-state index in [0.717, 1.165) is 39.7 Å². The van der Waals surface area contributed by atoms with Gasteiger partial charge in [0.15, 0.2) is 6.61 Å². The van der Waals surface area contributed by atoms with Crippen molar-refractivity contribution in [1.29, 1.82) is 0 Å². The molecule has 2 heterocycles. The minimum absolute atomic E-state index is 0.164. The number of rotatable bonds is 7. The van der Waals surface area contributed by atoms with Gasteiger partial charge in [-0.3, -0.25) is 0 Å². The first-order valence-corrected chi connectivity index (χ1v) is 12.5. The molecule has 0 aliphatic heterocycles. The summed E-state index contributed by atoms with van der Waals surface area (Å²) in [6.45, 7) is -0.164. The van der Waals surface area contributed by atoms with Crippen molar-refractivity contribution in [2.75, 3.05) is 14.2 Å². The molecule has 1 aliphatic rings. The maximum atomic E-state index is 13.5. The van der Waals surface area contributed by atoms with Gasteiger partial charge in [-0.15, -0.1) is 0 Å². The van der Waals surface area contributed by atoms with Crippen molar-refractivity contribution in [3.05, 3.63) is 101 Å². The Morgan fingerprint density at radius 3 is 2.59 bits per heavy atom. The van der Waals surface area contributed by atoms with E-state index in [1.165, 1.54) is 0 Å². The largest absolute Gasteiger partial charge is 0.497 e. The number of benzene rings is 3. The summed E-state index contributed by atoms with van der Waals surface area (Å²) in [5.41, 5.74) is 5.85. The zero-order chi connectivity index (χ0) is 26.8. The van der Waals surface area contributed by atoms with Crippen LogP contribution in [0.3, 0.4) is 0 Å². The smallest absolute Gasteiger partial charge is 0.339 e. The first kappa shape index (κ1) is 24.4. The molecular weight excluding hydrogens is 494 g/mol. The Labute approximate surface area is 224 Å². The highest BCUT2D eigenvalue weighted by atomic mass is 16.6. The lowest BCUT2D eigenvalue weighted by atomic mass is 10.0. The number of nitrogens with zero attached hydrogens (tertiary/aromatic N) is 3. The fourth-order valence-electron chi connectivity index (χ4n) is 4.87. The molecule has 0 fully saturated rings. The van der Waals surface area contributed by atoms with Crippen molar-refractivity contribution in [3.8, 4) is 22.9 Å². The van der Waals surface area contributed by atoms with Crippen molar-refractivity contribution in [3.63, 3.8) is 0 Å². The van der Waals surface area contributed by atoms with Crippen LogP contribution in [-0.2, 0) is 17.8 Å². The summed E-state index contributed by atoms with van der Waals surface area (Å²) >= 11 is 0. The van der Waals surface area contributed by atoms with Gasteiger partial charge in [0, 0.05) is 11.5 Å². The Balaban J connectivity index is 1.28. The number of methoxy groups -OCH3 is 2. The van der Waals surface area contributed by atoms with Crippen LogP contribution in [0.15, 0.2) is 77.3 Å². The Kier molecular flexibility index (Phi) is 6.50. The maximum Gasteiger partial charge on any atom is 0.339 e. The van der Waals surface area contributed by atoms with E-state index < -0.39 is 5.97 Å². The van der Waals surface area contributed by atoms with Crippen molar-refractivity contribution >= 4 is 28.5 Å². The molecule has 0 amide bonds. The average molecular weight is 520 g/mol. The molecule has 3 aromatic carbocycles. The molecule has 0 atom stereocenters. The number of carbonyl (C=O) groups excluding carboxylic acids is 1. The number of fused-ring (bicyclic) bond motifs is 2. The third-order valence-corrected chi connectivity index (χ3v) is 6.73. The zero-order valence-electron chi connectivity index (χ0n) is 21.5. The highest BCUT2D eigenvalue weighted by Crippen LogP contribution is 2.38. The number of allylic oxidation sites excluding steroid dienone is 1. The standard InChI is InChI=1S/C31H25N3O5/c1-36-21-13-15-23(26(17-21)37-2)30-33-27(39-34-30)18-38-31(35)28-22-10-6-7-11-25(22)32-29-20(12-14-24(28)29)16-19-8-4-3-5-9-19/h3-11,13,15-17H,12,14,18H2,1-2H3/b20-16-. The summed E-state index contributed by atoms with van der Waals surface area (Å²) in [4.78, 5) is 22.8. The Hall–Kier alpha value is -4.98. The van der Waals surface area contributed by atoms with Crippen LogP contribution in [0, 0.1) is 0 Å². The van der Waals surface area contributed by atoms with E-state index in [1.807, 2.05) is 42.5 Å². The second-order valence-electron chi connectivity index (χ2n) is 9.07. The number of aromatic nitrogens is 3. The molecule has 0 spiro atoms. The van der Waals surface area contributed by atoms with Gasteiger partial charge in [-0.25, -0.2) is 9.78 Å². The van der Waals surface area contributed by atoms with Crippen LogP contribution in [0.2, 0.25) is 0 Å². The van der Waals surface area contributed by atoms with E-state index in [2.05, 4.69) is 28.3 Å². The van der Waals surface area contributed by atoms with Gasteiger partial charge in [0.05, 0.1) is 36.6 Å². The van der Waals surface area contributed by atoms with Crippen LogP contribution in [0.1, 0.15) is 39.5 Å². The molecule has 0 bridgehead atoms. The third kappa shape index (κ3) is 4.72. The molecular formula is C31H25N3O5. The van der Waals surface area contributed by atoms with Gasteiger partial charge in [0.25, 0.3) is 5.89 Å². The Morgan fingerprint density at radius 1 is 0.949 bits per heavy atom. The summed E-state index contributed by atoms with van der Waals surface area (Å²) in [7, 11) is 3.13. The van der Waals surface area contributed by atoms with Crippen LogP contribution >= 0.6 is 0 Å². The first-order valence-electron chi connectivity index (χ1n) is 12.5. The van der Waals surface area contributed by atoms with Gasteiger partial charge in [0.2, 0.25) is 5.82 Å². The van der Waals surface area contributed by atoms with E-state index >= 15 is 0 Å². The SMILES string of the molecule is COc1ccc(-c2noc(COC(=O)c3c4c(nc5ccccc35)/C(=C\c3ccccc3)CC4)n2)c(OC)c1. The summed E-state index contributed by atoms with van der Waals surface area (Å²) < 4.78 is 21.8. The number of pyridine rings is 1. The summed E-state index contributed by atoms with van der Waals surface area (Å²) in [6, 6.07) is 23.0. The number of ether oxygens (including phenoxy) is 3. The van der Waals surface area contributed by atoms with Gasteiger partial charge in [0.1, 0.15) is 11.5 Å². The molecule has 8 nitrogen and oxygen atoms in total. The Morgan fingerprint density at radius 2 is 1.77 bits per heavy atom. The van der Waals surface area contributed by atoms with Crippen LogP contribution in [0.25, 0.3) is 33.9 Å². The van der Waals surface area contributed by atoms with Crippen molar-refractivity contribution in [1.82, 2.24) is 15.1 Å². The van der Waals surface area contributed by atoms with Crippen molar-refractivity contribution in [2.45, 2.75) is 19.4 Å². The number of carbonyl (C=O) groups is 1. The predicted octanol–water partition coefficient (Wildman–Crippen LogP) is 6.15. The molecule has 0 radical (unpaired) electrons. The van der Waals surface area contributed by atoms with Crippen LogP contribution < -0.4 is 9.47 Å². The fourth-order valence-corrected chi connectivity index (χ4v) is 4.87. The summed E-state index contributed by atoms with van der Waals surface area (Å²) in [6.07, 6.45) is 3.64. The minimum Gasteiger partial charge on any atom is -0.497 e. The number of hydrogen-bond acceptors (Lipinski definition) is 8. The molecule has 1 aliphatic carbocycles. The maximum absolute atomic E-state index is 13.5. The van der Waals surface area contributed by atoms with E-state index in [-0.39, 0.29) is 12.5 Å². The monoisotopic (exact) mass is 519 g/mol. The van der Waals surface area contributed by atoms with Crippen molar-refractivity contribution < 1.29 is 23.5 Å². The van der Waals surface area contributed by atoms with Gasteiger partial charge in [-0.1, -0.05) is 53.7 Å². The second kappa shape index (κ2) is 10.4. The summed E-state index contributed by atoms with van der Waals surface area (Å²) in [5.74, 6) is 1.24. The number of hydrogen-bond donors (Lipinski definition) is 0. The van der Waals surface area contributed by atoms with Gasteiger partial charge < -0.3 is 18.7 Å². The highest BCUT2D eigenvalue weighted by molar-refractivity contribution is 6.07. The van der Waals surface area contributed by atoms with Gasteiger partial charge >= 0.3 is 5.97 Å². The first-order chi connectivity index (χ1) is 19.1. The quantitative estimate of drug-likeness (QED) is 0.236. The van der Waals surface area contributed by atoms with E-state index in [4.69, 9.17) is 23.7 Å². The third-order valence-electron chi connectivity index (χ3n) is 6.73. The molecule has 5 aromatic rings. The number of para-hydroxylation sites is 1. The topological polar surface area (TPSA) is 96.6 Å². The normalized spacial score (nSPS) is 13.4. The highest BCUT2D eigenvalue weighted by Gasteiger charge is 2.28. The lowest BCUT2D eigenvalue weighted by molar-refractivity contribution is 0.0431. The molecule has 8 heteroatoms. The molecule has 0 N–H and O–H groups in total. The van der Waals surface area contributed by atoms with Crippen LogP contribution in [0.5, 0.6) is 11.5 Å². The molecule has 2 aromatic heterocycles. The minimum atomic E-state index is -0.451. The van der Waals surface area contributed by atoms with E-state index in [9.17, 15) is 4.79 Å². The van der Waals surface area contributed by atoms with E-state index in [1.54, 1.807) is 32.4 Å². The number of esters is 1. The van der Waals surface area contributed by atoms with Crippen LogP contribution in [-0.4, -0.2) is 35.3 Å². The summed E-state index contributed by atoms with van der Waals surface area (Å²) in [5, 5.41) is 4.80. The van der Waals surface area contributed by atoms with Crippen LogP contribution in [0.4, 0.5) is 0 Å². The van der Waals surface area contributed by atoms with Gasteiger partial charge in [-0.05, 0) is 53.8 Å². The van der Waals surface area contributed by atoms with Gasteiger partial charge in [-0.2, -0.15) is 4.98 Å². The van der Waals surface area contributed by atoms with Crippen molar-refractivity contribution in [2.24, 2.45) is 0 Å². The molecule has 6 rings (SSSR count). The second-order valence-corrected chi connectivity index (χ2v) is 9.07. The molecule has 0 unspecified atom stereocenters. The lowest BCUT2D eigenvalue weighted by Gasteiger charge is -2.11. The fraction of sp³-hybridized carbons (Fsp3) is 0.161. The van der Waals surface area contributed by atoms with E-state index in [0.29, 0.717) is 34.9 Å². The predicted molar refractivity (Wildman–Crippen MR) is 146 cm³/mol. The molecule has 39 heavy (non-hydrogen) atoms. The lowest BCUT2D eigenvalue weighted by Crippen LogP contribution is -2.10.